The molecule has 0 unspecified atom stereocenters. The Morgan fingerprint density at radius 2 is 1.61 bits per heavy atom. The third-order valence-corrected chi connectivity index (χ3v) is 8.19. The maximum absolute atomic E-state index is 13.6. The van der Waals surface area contributed by atoms with E-state index in [1.54, 1.807) is 30.3 Å². The highest BCUT2D eigenvalue weighted by Crippen LogP contribution is 2.42. The number of aromatic nitrogens is 1. The van der Waals surface area contributed by atoms with Crippen molar-refractivity contribution in [2.24, 2.45) is 0 Å². The molecule has 0 bridgehead atoms. The summed E-state index contributed by atoms with van der Waals surface area (Å²) in [5.74, 6) is -1.34. The van der Waals surface area contributed by atoms with Crippen molar-refractivity contribution in [1.29, 1.82) is 0 Å². The molecule has 0 aliphatic heterocycles. The number of carboxylic acids is 1. The van der Waals surface area contributed by atoms with Crippen LogP contribution < -0.4 is 5.32 Å². The first-order valence-electron chi connectivity index (χ1n) is 12.4. The van der Waals surface area contributed by atoms with Gasteiger partial charge >= 0.3 is 5.97 Å². The number of benzene rings is 3. The molecule has 0 radical (unpaired) electrons. The van der Waals surface area contributed by atoms with Crippen molar-refractivity contribution >= 4 is 57.6 Å². The van der Waals surface area contributed by atoms with Gasteiger partial charge in [0.05, 0.1) is 26.7 Å². The summed E-state index contributed by atoms with van der Waals surface area (Å²) in [6.07, 6.45) is 3.31. The normalized spacial score (nSPS) is 15.3. The lowest BCUT2D eigenvalue weighted by molar-refractivity contribution is -0.142. The van der Waals surface area contributed by atoms with Gasteiger partial charge in [-0.15, -0.1) is 0 Å². The molecular formula is C30H25Cl3N2O3. The fraction of sp³-hybridized carbons (Fsp3) is 0.233. The molecule has 194 valence electrons. The fourth-order valence-corrected chi connectivity index (χ4v) is 6.03. The predicted molar refractivity (Wildman–Crippen MR) is 152 cm³/mol. The average Bonchev–Trinajstić information content (AvgIpc) is 3.40. The van der Waals surface area contributed by atoms with E-state index in [9.17, 15) is 14.7 Å². The standard InChI is InChI=1S/C30H25Cl3N2O3/c31-21-10-8-20(9-11-21)30(14-1-2-15-30)29(38)35-26(28(36)37)17-18-6-12-24-19(16-18)7-13-25(34-24)27-22(32)4-3-5-23(27)33/h3-13,16,26H,1-2,14-15,17H2,(H,35,38)(H,36,37)/t26-/m0/s1. The summed E-state index contributed by atoms with van der Waals surface area (Å²) in [6.45, 7) is 0. The lowest BCUT2D eigenvalue weighted by Gasteiger charge is -2.30. The monoisotopic (exact) mass is 566 g/mol. The number of halogens is 3. The first kappa shape index (κ1) is 26.5. The number of aliphatic carboxylic acids is 1. The molecular weight excluding hydrogens is 543 g/mol. The van der Waals surface area contributed by atoms with Crippen LogP contribution in [0.5, 0.6) is 0 Å². The SMILES string of the molecule is O=C(O)[C@H](Cc1ccc2nc(-c3c(Cl)cccc3Cl)ccc2c1)NC(=O)C1(c2ccc(Cl)cc2)CCCC1. The Labute approximate surface area is 235 Å². The molecule has 1 aromatic heterocycles. The maximum atomic E-state index is 13.6. The van der Waals surface area contributed by atoms with Gasteiger partial charge in [-0.25, -0.2) is 9.78 Å². The first-order chi connectivity index (χ1) is 18.3. The van der Waals surface area contributed by atoms with Crippen molar-refractivity contribution in [3.8, 4) is 11.3 Å². The van der Waals surface area contributed by atoms with Gasteiger partial charge in [0.25, 0.3) is 0 Å². The number of hydrogen-bond acceptors (Lipinski definition) is 3. The molecule has 38 heavy (non-hydrogen) atoms. The van der Waals surface area contributed by atoms with E-state index in [0.717, 1.165) is 34.9 Å². The van der Waals surface area contributed by atoms with E-state index in [1.807, 2.05) is 42.5 Å². The van der Waals surface area contributed by atoms with E-state index in [0.29, 0.717) is 39.2 Å². The van der Waals surface area contributed by atoms with Crippen LogP contribution in [0.1, 0.15) is 36.8 Å². The van der Waals surface area contributed by atoms with Crippen LogP contribution in [0.2, 0.25) is 15.1 Å². The van der Waals surface area contributed by atoms with Crippen molar-refractivity contribution < 1.29 is 14.7 Å². The van der Waals surface area contributed by atoms with Crippen LogP contribution in [0.4, 0.5) is 0 Å². The van der Waals surface area contributed by atoms with Gasteiger partial charge in [0, 0.05) is 22.4 Å². The number of hydrogen-bond donors (Lipinski definition) is 2. The highest BCUT2D eigenvalue weighted by atomic mass is 35.5. The molecule has 4 aromatic rings. The van der Waals surface area contributed by atoms with Crippen molar-refractivity contribution in [3.63, 3.8) is 0 Å². The number of carbonyl (C=O) groups is 2. The van der Waals surface area contributed by atoms with Crippen LogP contribution in [0, 0.1) is 0 Å². The molecule has 1 amide bonds. The maximum Gasteiger partial charge on any atom is 0.326 e. The molecule has 5 rings (SSSR count). The number of carboxylic acid groups (broad SMARTS) is 1. The van der Waals surface area contributed by atoms with Gasteiger partial charge in [-0.05, 0) is 66.4 Å². The molecule has 1 aliphatic rings. The Morgan fingerprint density at radius 3 is 2.26 bits per heavy atom. The minimum absolute atomic E-state index is 0.145. The molecule has 1 fully saturated rings. The number of nitrogens with zero attached hydrogens (tertiary/aromatic N) is 1. The van der Waals surface area contributed by atoms with Gasteiger partial charge in [-0.3, -0.25) is 4.79 Å². The quantitative estimate of drug-likeness (QED) is 0.243. The van der Waals surface area contributed by atoms with Crippen molar-refractivity contribution in [2.45, 2.75) is 43.6 Å². The largest absolute Gasteiger partial charge is 0.480 e. The van der Waals surface area contributed by atoms with Crippen molar-refractivity contribution in [2.75, 3.05) is 0 Å². The van der Waals surface area contributed by atoms with E-state index in [1.165, 1.54) is 0 Å². The molecule has 1 heterocycles. The fourth-order valence-electron chi connectivity index (χ4n) is 5.31. The summed E-state index contributed by atoms with van der Waals surface area (Å²) in [6, 6.07) is 20.8. The number of carbonyl (C=O) groups excluding carboxylic acids is 1. The molecule has 1 saturated carbocycles. The highest BCUT2D eigenvalue weighted by molar-refractivity contribution is 6.39. The van der Waals surface area contributed by atoms with E-state index in [-0.39, 0.29) is 12.3 Å². The summed E-state index contributed by atoms with van der Waals surface area (Å²) < 4.78 is 0. The Morgan fingerprint density at radius 1 is 0.921 bits per heavy atom. The van der Waals surface area contributed by atoms with E-state index in [4.69, 9.17) is 39.8 Å². The van der Waals surface area contributed by atoms with Gasteiger partial charge in [0.2, 0.25) is 5.91 Å². The second-order valence-corrected chi connectivity index (χ2v) is 10.9. The number of amides is 1. The third kappa shape index (κ3) is 5.24. The van der Waals surface area contributed by atoms with Gasteiger partial charge < -0.3 is 10.4 Å². The van der Waals surface area contributed by atoms with E-state index < -0.39 is 17.4 Å². The average molecular weight is 568 g/mol. The smallest absolute Gasteiger partial charge is 0.326 e. The zero-order chi connectivity index (χ0) is 26.9. The Balaban J connectivity index is 1.38. The molecule has 1 aliphatic carbocycles. The van der Waals surface area contributed by atoms with Gasteiger partial charge in [0.15, 0.2) is 0 Å². The zero-order valence-electron chi connectivity index (χ0n) is 20.4. The van der Waals surface area contributed by atoms with Crippen LogP contribution in [0.3, 0.4) is 0 Å². The summed E-state index contributed by atoms with van der Waals surface area (Å²) in [7, 11) is 0. The minimum Gasteiger partial charge on any atom is -0.480 e. The third-order valence-electron chi connectivity index (χ3n) is 7.30. The van der Waals surface area contributed by atoms with Gasteiger partial charge in [0.1, 0.15) is 6.04 Å². The topological polar surface area (TPSA) is 79.3 Å². The minimum atomic E-state index is -1.08. The molecule has 1 atom stereocenters. The van der Waals surface area contributed by atoms with E-state index >= 15 is 0 Å². The van der Waals surface area contributed by atoms with Crippen molar-refractivity contribution in [1.82, 2.24) is 10.3 Å². The summed E-state index contributed by atoms with van der Waals surface area (Å²) >= 11 is 18.8. The van der Waals surface area contributed by atoms with Crippen molar-refractivity contribution in [3.05, 3.63) is 99.0 Å². The Bertz CT molecular complexity index is 1500. The van der Waals surface area contributed by atoms with Crippen LogP contribution in [-0.4, -0.2) is 28.0 Å². The Hall–Kier alpha value is -3.12. The lowest BCUT2D eigenvalue weighted by atomic mass is 9.77. The molecule has 8 heteroatoms. The molecule has 5 nitrogen and oxygen atoms in total. The van der Waals surface area contributed by atoms with Crippen LogP contribution >= 0.6 is 34.8 Å². The Kier molecular flexibility index (Phi) is 7.62. The lowest BCUT2D eigenvalue weighted by Crippen LogP contribution is -2.50. The zero-order valence-corrected chi connectivity index (χ0v) is 22.7. The summed E-state index contributed by atoms with van der Waals surface area (Å²) in [4.78, 5) is 30.5. The molecule has 0 saturated heterocycles. The van der Waals surface area contributed by atoms with Crippen LogP contribution in [0.25, 0.3) is 22.2 Å². The highest BCUT2D eigenvalue weighted by Gasteiger charge is 2.43. The van der Waals surface area contributed by atoms with E-state index in [2.05, 4.69) is 5.32 Å². The number of nitrogens with one attached hydrogen (secondary N) is 1. The molecule has 3 aromatic carbocycles. The van der Waals surface area contributed by atoms with Crippen LogP contribution in [0.15, 0.2) is 72.8 Å². The molecule has 2 N–H and O–H groups in total. The van der Waals surface area contributed by atoms with Crippen LogP contribution in [-0.2, 0) is 21.4 Å². The summed E-state index contributed by atoms with van der Waals surface area (Å²) in [5, 5.41) is 15.3. The second-order valence-electron chi connectivity index (χ2n) is 9.68. The number of fused-ring (bicyclic) bond motifs is 1. The molecule has 0 spiro atoms. The summed E-state index contributed by atoms with van der Waals surface area (Å²) in [5.41, 5.74) is 2.94. The predicted octanol–water partition coefficient (Wildman–Crippen LogP) is 7.49. The number of rotatable bonds is 7. The first-order valence-corrected chi connectivity index (χ1v) is 13.5. The van der Waals surface area contributed by atoms with Gasteiger partial charge in [-0.2, -0.15) is 0 Å². The number of pyridine rings is 1. The van der Waals surface area contributed by atoms with Gasteiger partial charge in [-0.1, -0.05) is 78.0 Å². The second kappa shape index (κ2) is 10.9.